The zero-order valence-corrected chi connectivity index (χ0v) is 17.8. The molecule has 1 saturated carbocycles. The molecule has 29 heavy (non-hydrogen) atoms. The highest BCUT2D eigenvalue weighted by atomic mass is 16.3. The van der Waals surface area contributed by atoms with E-state index in [1.807, 2.05) is 38.2 Å². The van der Waals surface area contributed by atoms with Gasteiger partial charge in [0.1, 0.15) is 17.4 Å². The van der Waals surface area contributed by atoms with E-state index in [1.165, 1.54) is 6.92 Å². The SMILES string of the molecule is C/C=C/C=C/[C@@H]1C=C[C@@H]2C[C@H](C)CC[C@@H]2[C@@]1(C)/C(O)=C1/C(=O)N[C@@H]([C@@H](C)O)C1=O. The first-order valence-electron chi connectivity index (χ1n) is 10.7. The summed E-state index contributed by atoms with van der Waals surface area (Å²) in [5, 5.41) is 23.8. The zero-order chi connectivity index (χ0) is 21.3. The van der Waals surface area contributed by atoms with Gasteiger partial charge in [-0.15, -0.1) is 0 Å². The van der Waals surface area contributed by atoms with Gasteiger partial charge in [0.15, 0.2) is 5.78 Å². The monoisotopic (exact) mass is 399 g/mol. The lowest BCUT2D eigenvalue weighted by atomic mass is 9.54. The number of ketones is 1. The molecule has 2 fully saturated rings. The Balaban J connectivity index is 2.11. The average molecular weight is 400 g/mol. The molecule has 1 aliphatic heterocycles. The van der Waals surface area contributed by atoms with Crippen molar-refractivity contribution < 1.29 is 19.8 Å². The minimum atomic E-state index is -1.01. The molecule has 0 radical (unpaired) electrons. The molecule has 7 atom stereocenters. The summed E-state index contributed by atoms with van der Waals surface area (Å²) >= 11 is 0. The largest absolute Gasteiger partial charge is 0.511 e. The van der Waals surface area contributed by atoms with Crippen LogP contribution >= 0.6 is 0 Å². The Morgan fingerprint density at radius 3 is 2.62 bits per heavy atom. The Kier molecular flexibility index (Phi) is 6.18. The Hall–Kier alpha value is -2.14. The molecule has 5 nitrogen and oxygen atoms in total. The van der Waals surface area contributed by atoms with Crippen LogP contribution in [0.3, 0.4) is 0 Å². The maximum absolute atomic E-state index is 12.9. The highest BCUT2D eigenvalue weighted by Gasteiger charge is 2.53. The molecule has 2 aliphatic carbocycles. The van der Waals surface area contributed by atoms with Crippen molar-refractivity contribution in [3.63, 3.8) is 0 Å². The summed E-state index contributed by atoms with van der Waals surface area (Å²) in [4.78, 5) is 25.5. The molecular weight excluding hydrogens is 366 g/mol. The van der Waals surface area contributed by atoms with Crippen LogP contribution in [0.5, 0.6) is 0 Å². The Morgan fingerprint density at radius 1 is 1.28 bits per heavy atom. The fraction of sp³-hybridized carbons (Fsp3) is 0.583. The third-order valence-electron chi connectivity index (χ3n) is 7.08. The molecule has 0 bridgehead atoms. The van der Waals surface area contributed by atoms with Crippen LogP contribution in [0.25, 0.3) is 0 Å². The average Bonchev–Trinajstić information content (AvgIpc) is 2.97. The van der Waals surface area contributed by atoms with Crippen LogP contribution in [0.1, 0.15) is 47.0 Å². The van der Waals surface area contributed by atoms with E-state index in [1.54, 1.807) is 0 Å². The lowest BCUT2D eigenvalue weighted by Gasteiger charge is -2.50. The van der Waals surface area contributed by atoms with Crippen LogP contribution in [0.15, 0.2) is 47.8 Å². The minimum Gasteiger partial charge on any atom is -0.511 e. The predicted molar refractivity (Wildman–Crippen MR) is 113 cm³/mol. The molecule has 1 amide bonds. The minimum absolute atomic E-state index is 0.132. The van der Waals surface area contributed by atoms with Gasteiger partial charge >= 0.3 is 0 Å². The van der Waals surface area contributed by atoms with Crippen molar-refractivity contribution in [2.24, 2.45) is 29.1 Å². The fourth-order valence-corrected chi connectivity index (χ4v) is 5.36. The topological polar surface area (TPSA) is 86.6 Å². The van der Waals surface area contributed by atoms with Crippen LogP contribution < -0.4 is 5.32 Å². The van der Waals surface area contributed by atoms with Crippen molar-refractivity contribution in [2.75, 3.05) is 0 Å². The van der Waals surface area contributed by atoms with Gasteiger partial charge in [-0.2, -0.15) is 0 Å². The number of hydrogen-bond acceptors (Lipinski definition) is 4. The molecule has 0 aromatic rings. The third kappa shape index (κ3) is 3.73. The van der Waals surface area contributed by atoms with Crippen LogP contribution in [-0.4, -0.2) is 34.0 Å². The van der Waals surface area contributed by atoms with Crippen LogP contribution in [-0.2, 0) is 9.59 Å². The highest BCUT2D eigenvalue weighted by molar-refractivity contribution is 6.27. The molecule has 3 rings (SSSR count). The van der Waals surface area contributed by atoms with Crippen molar-refractivity contribution in [1.29, 1.82) is 0 Å². The van der Waals surface area contributed by atoms with Crippen molar-refractivity contribution in [1.82, 2.24) is 5.32 Å². The van der Waals surface area contributed by atoms with Gasteiger partial charge in [0.2, 0.25) is 0 Å². The molecule has 5 heteroatoms. The highest BCUT2D eigenvalue weighted by Crippen LogP contribution is 2.56. The summed E-state index contributed by atoms with van der Waals surface area (Å²) < 4.78 is 0. The second-order valence-corrected chi connectivity index (χ2v) is 9.07. The molecule has 0 unspecified atom stereocenters. The second-order valence-electron chi connectivity index (χ2n) is 9.07. The molecule has 0 spiro atoms. The fourth-order valence-electron chi connectivity index (χ4n) is 5.36. The third-order valence-corrected chi connectivity index (χ3v) is 7.08. The number of allylic oxidation sites excluding steroid dienone is 7. The number of fused-ring (bicyclic) bond motifs is 1. The van der Waals surface area contributed by atoms with E-state index in [2.05, 4.69) is 24.4 Å². The van der Waals surface area contributed by atoms with Gasteiger partial charge in [-0.3, -0.25) is 9.59 Å². The summed E-state index contributed by atoms with van der Waals surface area (Å²) in [5.74, 6) is -0.306. The molecule has 1 heterocycles. The number of Topliss-reactive ketones (excluding diaryl/α,β-unsaturated/α-hetero) is 1. The summed E-state index contributed by atoms with van der Waals surface area (Å²) in [6.45, 7) is 7.64. The molecular formula is C24H33NO4. The van der Waals surface area contributed by atoms with Crippen molar-refractivity contribution in [3.8, 4) is 0 Å². The van der Waals surface area contributed by atoms with Crippen LogP contribution in [0.4, 0.5) is 0 Å². The predicted octanol–water partition coefficient (Wildman–Crippen LogP) is 3.62. The Bertz CT molecular complexity index is 791. The van der Waals surface area contributed by atoms with E-state index in [0.717, 1.165) is 19.3 Å². The number of aliphatic hydroxyl groups is 2. The van der Waals surface area contributed by atoms with Crippen LogP contribution in [0, 0.1) is 29.1 Å². The van der Waals surface area contributed by atoms with E-state index in [0.29, 0.717) is 11.8 Å². The first-order valence-corrected chi connectivity index (χ1v) is 10.7. The number of carbonyl (C=O) groups is 2. The maximum atomic E-state index is 12.9. The molecule has 158 valence electrons. The first kappa shape index (κ1) is 21.6. The Labute approximate surface area is 173 Å². The van der Waals surface area contributed by atoms with Crippen molar-refractivity contribution in [3.05, 3.63) is 47.8 Å². The van der Waals surface area contributed by atoms with Gasteiger partial charge in [-0.05, 0) is 44.4 Å². The molecule has 3 N–H and O–H groups in total. The van der Waals surface area contributed by atoms with E-state index >= 15 is 0 Å². The first-order chi connectivity index (χ1) is 13.7. The smallest absolute Gasteiger partial charge is 0.259 e. The van der Waals surface area contributed by atoms with Crippen LogP contribution in [0.2, 0.25) is 0 Å². The number of hydrogen-bond donors (Lipinski definition) is 3. The van der Waals surface area contributed by atoms with Gasteiger partial charge in [0.05, 0.1) is 6.10 Å². The standard InChI is InChI=1S/C24H33NO4/c1-5-6-7-8-17-11-10-16-13-14(2)9-12-18(16)24(17,4)22(28)19-21(27)20(15(3)26)25-23(19)29/h5-8,10-11,14-18,20,26,28H,9,12-13H2,1-4H3,(H,25,29)/b6-5+,8-7+,22-19-/t14-,15-,16-,17-,18+,20+,24+/m1/s1. The normalized spacial score (nSPS) is 40.4. The summed E-state index contributed by atoms with van der Waals surface area (Å²) in [6, 6.07) is -0.999. The summed E-state index contributed by atoms with van der Waals surface area (Å²) in [7, 11) is 0. The zero-order valence-electron chi connectivity index (χ0n) is 17.8. The summed E-state index contributed by atoms with van der Waals surface area (Å²) in [6.07, 6.45) is 14.2. The quantitative estimate of drug-likeness (QED) is 0.222. The molecule has 1 saturated heterocycles. The summed E-state index contributed by atoms with van der Waals surface area (Å²) in [5.41, 5.74) is -0.941. The van der Waals surface area contributed by atoms with Gasteiger partial charge < -0.3 is 15.5 Å². The van der Waals surface area contributed by atoms with E-state index in [9.17, 15) is 19.8 Å². The number of aliphatic hydroxyl groups excluding tert-OH is 2. The lowest BCUT2D eigenvalue weighted by molar-refractivity contribution is -0.118. The number of amides is 1. The van der Waals surface area contributed by atoms with Crippen molar-refractivity contribution >= 4 is 11.7 Å². The van der Waals surface area contributed by atoms with E-state index < -0.39 is 29.3 Å². The van der Waals surface area contributed by atoms with E-state index in [4.69, 9.17) is 0 Å². The Morgan fingerprint density at radius 2 is 2.00 bits per heavy atom. The van der Waals surface area contributed by atoms with Gasteiger partial charge in [-0.25, -0.2) is 0 Å². The van der Waals surface area contributed by atoms with Gasteiger partial charge in [-0.1, -0.05) is 56.7 Å². The number of rotatable bonds is 4. The molecule has 3 aliphatic rings. The van der Waals surface area contributed by atoms with E-state index in [-0.39, 0.29) is 23.2 Å². The number of carbonyl (C=O) groups excluding carboxylic acids is 2. The maximum Gasteiger partial charge on any atom is 0.259 e. The second kappa shape index (κ2) is 8.31. The number of nitrogens with one attached hydrogen (secondary N) is 1. The van der Waals surface area contributed by atoms with Gasteiger partial charge in [0, 0.05) is 11.3 Å². The van der Waals surface area contributed by atoms with Crippen molar-refractivity contribution in [2.45, 2.75) is 59.1 Å². The lowest BCUT2D eigenvalue weighted by Crippen LogP contribution is -2.45. The molecule has 0 aromatic heterocycles. The molecule has 0 aromatic carbocycles. The van der Waals surface area contributed by atoms with Gasteiger partial charge in [0.25, 0.3) is 5.91 Å².